The van der Waals surface area contributed by atoms with E-state index in [-0.39, 0.29) is 16.2 Å². The summed E-state index contributed by atoms with van der Waals surface area (Å²) in [5, 5.41) is 4.97. The molecule has 0 heterocycles. The lowest BCUT2D eigenvalue weighted by molar-refractivity contribution is 0.569. The molecule has 1 aliphatic rings. The van der Waals surface area contributed by atoms with Gasteiger partial charge in [-0.05, 0) is 112 Å². The molecule has 9 aromatic rings. The summed E-state index contributed by atoms with van der Waals surface area (Å²) in [7, 11) is 0. The van der Waals surface area contributed by atoms with Crippen LogP contribution in [-0.2, 0) is 16.2 Å². The van der Waals surface area contributed by atoms with Crippen LogP contribution in [0.1, 0.15) is 77.6 Å². The molecule has 62 heavy (non-hydrogen) atoms. The molecule has 0 spiro atoms. The van der Waals surface area contributed by atoms with Gasteiger partial charge in [-0.2, -0.15) is 0 Å². The predicted octanol–water partition coefficient (Wildman–Crippen LogP) is 17.4. The Morgan fingerprint density at radius 1 is 0.371 bits per heavy atom. The predicted molar refractivity (Wildman–Crippen MR) is 267 cm³/mol. The van der Waals surface area contributed by atoms with Gasteiger partial charge >= 0.3 is 0 Å². The van der Waals surface area contributed by atoms with Gasteiger partial charge in [-0.3, -0.25) is 0 Å². The number of nitrogens with zero attached hydrogens (tertiary/aromatic N) is 1. The number of hydrogen-bond donors (Lipinski definition) is 0. The minimum Gasteiger partial charge on any atom is -0.309 e. The van der Waals surface area contributed by atoms with E-state index in [1.54, 1.807) is 0 Å². The van der Waals surface area contributed by atoms with Crippen molar-refractivity contribution in [3.8, 4) is 44.5 Å². The number of rotatable bonds is 6. The second-order valence-electron chi connectivity index (χ2n) is 19.8. The van der Waals surface area contributed by atoms with E-state index in [2.05, 4.69) is 248 Å². The first-order chi connectivity index (χ1) is 29.8. The van der Waals surface area contributed by atoms with Crippen LogP contribution >= 0.6 is 0 Å². The number of hydrogen-bond acceptors (Lipinski definition) is 1. The highest BCUT2D eigenvalue weighted by Gasteiger charge is 2.36. The lowest BCUT2D eigenvalue weighted by atomic mass is 9.78. The molecule has 0 amide bonds. The molecular weight excluding hydrogens is 747 g/mol. The fourth-order valence-electron chi connectivity index (χ4n) is 9.95. The Labute approximate surface area is 368 Å². The summed E-state index contributed by atoms with van der Waals surface area (Å²) >= 11 is 0. The largest absolute Gasteiger partial charge is 0.309 e. The summed E-state index contributed by atoms with van der Waals surface area (Å²) in [5.41, 5.74) is 18.7. The molecule has 0 fully saturated rings. The van der Waals surface area contributed by atoms with E-state index in [1.165, 1.54) is 88.3 Å². The van der Waals surface area contributed by atoms with Gasteiger partial charge in [0.15, 0.2) is 0 Å². The molecular formula is C61H55N. The molecule has 10 rings (SSSR count). The van der Waals surface area contributed by atoms with E-state index in [1.807, 2.05) is 0 Å². The fourth-order valence-corrected chi connectivity index (χ4v) is 9.95. The quantitative estimate of drug-likeness (QED) is 0.162. The van der Waals surface area contributed by atoms with Crippen LogP contribution in [0.4, 0.5) is 17.1 Å². The molecule has 0 aromatic heterocycles. The smallest absolute Gasteiger partial charge is 0.0540 e. The van der Waals surface area contributed by atoms with E-state index in [0.29, 0.717) is 0 Å². The number of benzene rings is 9. The minimum absolute atomic E-state index is 0.000209. The van der Waals surface area contributed by atoms with Crippen molar-refractivity contribution in [3.05, 3.63) is 210 Å². The molecule has 0 unspecified atom stereocenters. The highest BCUT2D eigenvalue weighted by Crippen LogP contribution is 2.53. The lowest BCUT2D eigenvalue weighted by Crippen LogP contribution is -2.17. The van der Waals surface area contributed by atoms with Gasteiger partial charge in [0.05, 0.1) is 11.4 Å². The zero-order valence-electron chi connectivity index (χ0n) is 37.3. The van der Waals surface area contributed by atoms with Crippen LogP contribution in [0.5, 0.6) is 0 Å². The van der Waals surface area contributed by atoms with Crippen molar-refractivity contribution in [2.24, 2.45) is 0 Å². The van der Waals surface area contributed by atoms with E-state index in [4.69, 9.17) is 0 Å². The van der Waals surface area contributed by atoms with E-state index < -0.39 is 0 Å². The van der Waals surface area contributed by atoms with Gasteiger partial charge in [0.25, 0.3) is 0 Å². The zero-order chi connectivity index (χ0) is 43.0. The molecule has 0 saturated heterocycles. The number of para-hydroxylation sites is 2. The normalized spacial score (nSPS) is 13.3. The summed E-state index contributed by atoms with van der Waals surface area (Å²) in [6, 6.07) is 70.5. The van der Waals surface area contributed by atoms with Gasteiger partial charge in [-0.25, -0.2) is 0 Å². The van der Waals surface area contributed by atoms with Gasteiger partial charge in [0.2, 0.25) is 0 Å². The fraction of sp³-hybridized carbons (Fsp3) is 0.180. The molecule has 0 atom stereocenters. The van der Waals surface area contributed by atoms with Crippen LogP contribution in [0.25, 0.3) is 66.1 Å². The standard InChI is InChI=1S/C61H55N/c1-59(2,3)43-36-42(37-44(38-43)60(4,5)6)47-28-18-22-41-23-19-30-53(58(41)47)52-27-13-16-33-57(52)62(45-34-35-50-49-25-11-14-31-54(49)61(7,8)55(50)39-45)56-32-15-12-26-51(56)48-29-17-21-40-20-9-10-24-46(40)48/h9-39H,1-8H3. The second-order valence-corrected chi connectivity index (χ2v) is 19.8. The van der Waals surface area contributed by atoms with Crippen LogP contribution in [-0.4, -0.2) is 0 Å². The van der Waals surface area contributed by atoms with Crippen molar-refractivity contribution in [2.45, 2.75) is 71.6 Å². The van der Waals surface area contributed by atoms with Crippen molar-refractivity contribution >= 4 is 38.6 Å². The minimum atomic E-state index is -0.152. The molecule has 0 saturated carbocycles. The molecule has 9 aromatic carbocycles. The van der Waals surface area contributed by atoms with Gasteiger partial charge in [-0.15, -0.1) is 0 Å². The topological polar surface area (TPSA) is 3.24 Å². The van der Waals surface area contributed by atoms with Crippen LogP contribution < -0.4 is 4.90 Å². The Bertz CT molecular complexity index is 3140. The van der Waals surface area contributed by atoms with Gasteiger partial charge < -0.3 is 4.90 Å². The Morgan fingerprint density at radius 2 is 0.855 bits per heavy atom. The van der Waals surface area contributed by atoms with Crippen molar-refractivity contribution in [2.75, 3.05) is 4.90 Å². The average Bonchev–Trinajstić information content (AvgIpc) is 3.50. The second kappa shape index (κ2) is 14.7. The van der Waals surface area contributed by atoms with Crippen LogP contribution in [0, 0.1) is 0 Å². The summed E-state index contributed by atoms with van der Waals surface area (Å²) in [6.07, 6.45) is 0. The van der Waals surface area contributed by atoms with Gasteiger partial charge in [0, 0.05) is 22.2 Å². The van der Waals surface area contributed by atoms with Crippen LogP contribution in [0.2, 0.25) is 0 Å². The van der Waals surface area contributed by atoms with Crippen molar-refractivity contribution in [1.82, 2.24) is 0 Å². The maximum atomic E-state index is 2.53. The monoisotopic (exact) mass is 801 g/mol. The summed E-state index contributed by atoms with van der Waals surface area (Å²) < 4.78 is 0. The summed E-state index contributed by atoms with van der Waals surface area (Å²) in [4.78, 5) is 2.53. The van der Waals surface area contributed by atoms with Crippen molar-refractivity contribution in [1.29, 1.82) is 0 Å². The van der Waals surface area contributed by atoms with Crippen LogP contribution in [0.15, 0.2) is 188 Å². The summed E-state index contributed by atoms with van der Waals surface area (Å²) in [5.74, 6) is 0. The molecule has 0 bridgehead atoms. The van der Waals surface area contributed by atoms with Gasteiger partial charge in [-0.1, -0.05) is 219 Å². The van der Waals surface area contributed by atoms with Crippen LogP contribution in [0.3, 0.4) is 0 Å². The van der Waals surface area contributed by atoms with E-state index >= 15 is 0 Å². The molecule has 1 nitrogen and oxygen atoms in total. The Balaban J connectivity index is 1.25. The highest BCUT2D eigenvalue weighted by molar-refractivity contribution is 6.10. The van der Waals surface area contributed by atoms with E-state index in [0.717, 1.165) is 17.1 Å². The molecule has 1 heteroatoms. The highest BCUT2D eigenvalue weighted by atomic mass is 15.1. The maximum Gasteiger partial charge on any atom is 0.0540 e. The molecule has 304 valence electrons. The SMILES string of the molecule is CC(C)(C)c1cc(-c2cccc3cccc(-c4ccccc4N(c4ccc5c(c4)C(C)(C)c4ccccc4-5)c4ccccc4-c4cccc5ccccc45)c23)cc(C(C)(C)C)c1. The maximum absolute atomic E-state index is 2.53. The molecule has 0 aliphatic heterocycles. The third-order valence-corrected chi connectivity index (χ3v) is 13.4. The van der Waals surface area contributed by atoms with Crippen molar-refractivity contribution < 1.29 is 0 Å². The third kappa shape index (κ3) is 6.63. The molecule has 1 aliphatic carbocycles. The Morgan fingerprint density at radius 3 is 1.52 bits per heavy atom. The van der Waals surface area contributed by atoms with Crippen molar-refractivity contribution in [3.63, 3.8) is 0 Å². The first-order valence-electron chi connectivity index (χ1n) is 22.2. The van der Waals surface area contributed by atoms with E-state index in [9.17, 15) is 0 Å². The molecule has 0 radical (unpaired) electrons. The summed E-state index contributed by atoms with van der Waals surface area (Å²) in [6.45, 7) is 18.7. The van der Waals surface area contributed by atoms with Gasteiger partial charge in [0.1, 0.15) is 0 Å². The third-order valence-electron chi connectivity index (χ3n) is 13.4. The Kier molecular flexibility index (Phi) is 9.38. The average molecular weight is 802 g/mol. The number of fused-ring (bicyclic) bond motifs is 5. The molecule has 0 N–H and O–H groups in total. The lowest BCUT2D eigenvalue weighted by Gasteiger charge is -2.32. The zero-order valence-corrected chi connectivity index (χ0v) is 37.3. The Hall–Kier alpha value is -6.70. The first kappa shape index (κ1) is 39.4. The number of anilines is 3. The first-order valence-corrected chi connectivity index (χ1v) is 22.2.